The molecule has 1 aliphatic rings. The van der Waals surface area contributed by atoms with Crippen LogP contribution in [-0.2, 0) is 6.42 Å². The smallest absolute Gasteiger partial charge is 0.255 e. The Hall–Kier alpha value is -2.56. The number of fused-ring (bicyclic) bond motifs is 1. The normalized spacial score (nSPS) is 16.7. The Morgan fingerprint density at radius 1 is 1.30 bits per heavy atom. The molecule has 0 N–H and O–H groups in total. The molecule has 0 aliphatic carbocycles. The second kappa shape index (κ2) is 6.28. The number of amides is 1. The fraction of sp³-hybridized carbons (Fsp3) is 0.333. The molecule has 0 radical (unpaired) electrons. The molecule has 5 nitrogen and oxygen atoms in total. The fourth-order valence-corrected chi connectivity index (χ4v) is 3.15. The number of pyridine rings is 1. The Labute approximate surface area is 135 Å². The van der Waals surface area contributed by atoms with Gasteiger partial charge in [-0.05, 0) is 37.1 Å². The molecule has 2 heterocycles. The lowest BCUT2D eigenvalue weighted by atomic mass is 9.91. The Kier molecular flexibility index (Phi) is 4.19. The van der Waals surface area contributed by atoms with Crippen LogP contribution in [0.25, 0.3) is 0 Å². The molecule has 5 heteroatoms. The lowest BCUT2D eigenvalue weighted by Crippen LogP contribution is -2.39. The summed E-state index contributed by atoms with van der Waals surface area (Å²) < 4.78 is 10.9. The summed E-state index contributed by atoms with van der Waals surface area (Å²) in [5.74, 6) is 1.53. The van der Waals surface area contributed by atoms with Gasteiger partial charge < -0.3 is 14.4 Å². The molecule has 1 unspecified atom stereocenters. The van der Waals surface area contributed by atoms with E-state index in [0.717, 1.165) is 23.5 Å². The molecular weight excluding hydrogens is 292 g/mol. The van der Waals surface area contributed by atoms with Gasteiger partial charge in [0.25, 0.3) is 5.91 Å². The van der Waals surface area contributed by atoms with E-state index in [1.165, 1.54) is 5.56 Å². The molecule has 0 bridgehead atoms. The SMILES string of the molecule is COc1cc2c(c(OC)c1)C(C)N(C(=O)c1cccnc1)CC2. The van der Waals surface area contributed by atoms with Crippen LogP contribution in [0.5, 0.6) is 11.5 Å². The molecule has 1 amide bonds. The predicted molar refractivity (Wildman–Crippen MR) is 86.9 cm³/mol. The van der Waals surface area contributed by atoms with Crippen molar-refractivity contribution in [3.05, 3.63) is 53.3 Å². The number of hydrogen-bond donors (Lipinski definition) is 0. The zero-order chi connectivity index (χ0) is 16.4. The van der Waals surface area contributed by atoms with E-state index in [2.05, 4.69) is 4.98 Å². The minimum absolute atomic E-state index is 0.00544. The molecule has 1 atom stereocenters. The van der Waals surface area contributed by atoms with Gasteiger partial charge in [0.1, 0.15) is 11.5 Å². The number of carbonyl (C=O) groups is 1. The lowest BCUT2D eigenvalue weighted by Gasteiger charge is -2.36. The van der Waals surface area contributed by atoms with Crippen LogP contribution in [-0.4, -0.2) is 36.6 Å². The number of carbonyl (C=O) groups excluding carboxylic acids is 1. The summed E-state index contributed by atoms with van der Waals surface area (Å²) in [5.41, 5.74) is 2.83. The van der Waals surface area contributed by atoms with Crippen molar-refractivity contribution < 1.29 is 14.3 Å². The number of methoxy groups -OCH3 is 2. The Balaban J connectivity index is 1.97. The monoisotopic (exact) mass is 312 g/mol. The number of nitrogens with zero attached hydrogens (tertiary/aromatic N) is 2. The summed E-state index contributed by atoms with van der Waals surface area (Å²) in [6.45, 7) is 2.69. The second-order valence-corrected chi connectivity index (χ2v) is 5.57. The highest BCUT2D eigenvalue weighted by Gasteiger charge is 2.31. The zero-order valence-corrected chi connectivity index (χ0v) is 13.6. The van der Waals surface area contributed by atoms with Gasteiger partial charge in [-0.3, -0.25) is 9.78 Å². The van der Waals surface area contributed by atoms with Crippen molar-refractivity contribution >= 4 is 5.91 Å². The first-order chi connectivity index (χ1) is 11.2. The van der Waals surface area contributed by atoms with Crippen molar-refractivity contribution in [1.82, 2.24) is 9.88 Å². The highest BCUT2D eigenvalue weighted by molar-refractivity contribution is 5.94. The van der Waals surface area contributed by atoms with Crippen molar-refractivity contribution in [3.63, 3.8) is 0 Å². The minimum atomic E-state index is -0.0627. The molecule has 120 valence electrons. The molecule has 1 aliphatic heterocycles. The molecule has 2 aromatic rings. The van der Waals surface area contributed by atoms with Gasteiger partial charge in [-0.2, -0.15) is 0 Å². The van der Waals surface area contributed by atoms with E-state index in [0.29, 0.717) is 12.1 Å². The molecule has 0 spiro atoms. The molecule has 1 aromatic heterocycles. The van der Waals surface area contributed by atoms with Gasteiger partial charge >= 0.3 is 0 Å². The van der Waals surface area contributed by atoms with Crippen LogP contribution in [0.3, 0.4) is 0 Å². The first-order valence-corrected chi connectivity index (χ1v) is 7.61. The van der Waals surface area contributed by atoms with E-state index in [9.17, 15) is 4.79 Å². The summed E-state index contributed by atoms with van der Waals surface area (Å²) in [7, 11) is 3.29. The van der Waals surface area contributed by atoms with Gasteiger partial charge in [0.05, 0.1) is 25.8 Å². The molecule has 0 saturated carbocycles. The molecule has 3 rings (SSSR count). The van der Waals surface area contributed by atoms with Crippen molar-refractivity contribution in [2.45, 2.75) is 19.4 Å². The Morgan fingerprint density at radius 3 is 2.78 bits per heavy atom. The maximum absolute atomic E-state index is 12.8. The van der Waals surface area contributed by atoms with Crippen molar-refractivity contribution in [1.29, 1.82) is 0 Å². The summed E-state index contributed by atoms with van der Waals surface area (Å²) >= 11 is 0. The van der Waals surface area contributed by atoms with E-state index in [1.807, 2.05) is 24.0 Å². The number of aromatic nitrogens is 1. The number of ether oxygens (including phenoxy) is 2. The van der Waals surface area contributed by atoms with Crippen molar-refractivity contribution in [2.75, 3.05) is 20.8 Å². The van der Waals surface area contributed by atoms with Crippen LogP contribution in [0, 0.1) is 0 Å². The van der Waals surface area contributed by atoms with Crippen LogP contribution in [0.15, 0.2) is 36.7 Å². The van der Waals surface area contributed by atoms with E-state index < -0.39 is 0 Å². The first-order valence-electron chi connectivity index (χ1n) is 7.61. The Morgan fingerprint density at radius 2 is 2.13 bits per heavy atom. The van der Waals surface area contributed by atoms with E-state index >= 15 is 0 Å². The highest BCUT2D eigenvalue weighted by atomic mass is 16.5. The predicted octanol–water partition coefficient (Wildman–Crippen LogP) is 2.86. The largest absolute Gasteiger partial charge is 0.497 e. The van der Waals surface area contributed by atoms with Crippen molar-refractivity contribution in [3.8, 4) is 11.5 Å². The van der Waals surface area contributed by atoms with E-state index in [4.69, 9.17) is 9.47 Å². The highest BCUT2D eigenvalue weighted by Crippen LogP contribution is 2.39. The molecule has 0 saturated heterocycles. The summed E-state index contributed by atoms with van der Waals surface area (Å²) in [4.78, 5) is 18.7. The topological polar surface area (TPSA) is 51.7 Å². The molecule has 1 aromatic carbocycles. The average Bonchev–Trinajstić information content (AvgIpc) is 2.61. The van der Waals surface area contributed by atoms with Crippen LogP contribution in [0.1, 0.15) is 34.5 Å². The fourth-order valence-electron chi connectivity index (χ4n) is 3.15. The van der Waals surface area contributed by atoms with Gasteiger partial charge in [-0.15, -0.1) is 0 Å². The van der Waals surface area contributed by atoms with Gasteiger partial charge in [-0.25, -0.2) is 0 Å². The third kappa shape index (κ3) is 2.74. The number of benzene rings is 1. The van der Waals surface area contributed by atoms with Gasteiger partial charge in [0.2, 0.25) is 0 Å². The van der Waals surface area contributed by atoms with Crippen molar-refractivity contribution in [2.24, 2.45) is 0 Å². The number of rotatable bonds is 3. The molecular formula is C18H20N2O3. The average molecular weight is 312 g/mol. The zero-order valence-electron chi connectivity index (χ0n) is 13.6. The second-order valence-electron chi connectivity index (χ2n) is 5.57. The standard InChI is InChI=1S/C18H20N2O3/c1-12-17-13(9-15(22-2)10-16(17)23-3)6-8-20(12)18(21)14-5-4-7-19-11-14/h4-5,7,9-12H,6,8H2,1-3H3. The lowest BCUT2D eigenvalue weighted by molar-refractivity contribution is 0.0674. The van der Waals surface area contributed by atoms with Gasteiger partial charge in [0.15, 0.2) is 0 Å². The third-order valence-electron chi connectivity index (χ3n) is 4.33. The molecule has 23 heavy (non-hydrogen) atoms. The first kappa shape index (κ1) is 15.3. The van der Waals surface area contributed by atoms with E-state index in [1.54, 1.807) is 38.7 Å². The maximum Gasteiger partial charge on any atom is 0.255 e. The van der Waals surface area contributed by atoms with Crippen LogP contribution in [0.4, 0.5) is 0 Å². The van der Waals surface area contributed by atoms with Crippen LogP contribution >= 0.6 is 0 Å². The number of hydrogen-bond acceptors (Lipinski definition) is 4. The summed E-state index contributed by atoms with van der Waals surface area (Å²) in [5, 5.41) is 0. The quantitative estimate of drug-likeness (QED) is 0.874. The Bertz CT molecular complexity index is 698. The van der Waals surface area contributed by atoms with Crippen LogP contribution < -0.4 is 9.47 Å². The molecule has 0 fully saturated rings. The van der Waals surface area contributed by atoms with Gasteiger partial charge in [0, 0.05) is 30.6 Å². The maximum atomic E-state index is 12.8. The minimum Gasteiger partial charge on any atom is -0.497 e. The van der Waals surface area contributed by atoms with E-state index in [-0.39, 0.29) is 11.9 Å². The van der Waals surface area contributed by atoms with Crippen LogP contribution in [0.2, 0.25) is 0 Å². The third-order valence-corrected chi connectivity index (χ3v) is 4.33. The van der Waals surface area contributed by atoms with Gasteiger partial charge in [-0.1, -0.05) is 0 Å². The summed E-state index contributed by atoms with van der Waals surface area (Å²) in [6.07, 6.45) is 4.05. The summed E-state index contributed by atoms with van der Waals surface area (Å²) in [6, 6.07) is 7.41.